The van der Waals surface area contributed by atoms with E-state index in [9.17, 15) is 8.42 Å². The Morgan fingerprint density at radius 1 is 0.966 bits per heavy atom. The first-order valence-corrected chi connectivity index (χ1v) is 11.8. The molecule has 0 unspecified atom stereocenters. The molecule has 1 fully saturated rings. The number of rotatable bonds is 3. The van der Waals surface area contributed by atoms with Crippen molar-refractivity contribution in [3.05, 3.63) is 60.2 Å². The molecule has 0 N–H and O–H groups in total. The van der Waals surface area contributed by atoms with Crippen LogP contribution in [0.5, 0.6) is 0 Å². The van der Waals surface area contributed by atoms with Crippen LogP contribution in [0.4, 0.5) is 11.5 Å². The lowest BCUT2D eigenvalue weighted by Crippen LogP contribution is -2.35. The van der Waals surface area contributed by atoms with Gasteiger partial charge in [0.15, 0.2) is 0 Å². The van der Waals surface area contributed by atoms with E-state index < -0.39 is 10.0 Å². The van der Waals surface area contributed by atoms with E-state index in [0.717, 1.165) is 42.4 Å². The second kappa shape index (κ2) is 7.11. The zero-order valence-corrected chi connectivity index (χ0v) is 17.4. The van der Waals surface area contributed by atoms with Crippen LogP contribution in [-0.2, 0) is 16.4 Å². The average molecular weight is 408 g/mol. The lowest BCUT2D eigenvalue weighted by Gasteiger charge is -2.26. The molecule has 2 aliphatic heterocycles. The van der Waals surface area contributed by atoms with Gasteiger partial charge in [-0.2, -0.15) is 4.31 Å². The van der Waals surface area contributed by atoms with Gasteiger partial charge in [-0.3, -0.25) is 0 Å². The molecule has 6 heteroatoms. The van der Waals surface area contributed by atoms with Crippen molar-refractivity contribution in [2.75, 3.05) is 18.0 Å². The number of benzene rings is 2. The molecule has 150 valence electrons. The second-order valence-electron chi connectivity index (χ2n) is 8.04. The first-order chi connectivity index (χ1) is 14.0. The predicted octanol–water partition coefficient (Wildman–Crippen LogP) is 4.49. The number of sulfonamides is 1. The van der Waals surface area contributed by atoms with Crippen LogP contribution in [0.1, 0.15) is 31.7 Å². The number of anilines is 2. The Morgan fingerprint density at radius 2 is 1.76 bits per heavy atom. The zero-order chi connectivity index (χ0) is 20.0. The van der Waals surface area contributed by atoms with Crippen molar-refractivity contribution in [2.45, 2.75) is 43.5 Å². The first-order valence-electron chi connectivity index (χ1n) is 10.3. The molecule has 3 heterocycles. The van der Waals surface area contributed by atoms with Gasteiger partial charge in [-0.25, -0.2) is 13.4 Å². The summed E-state index contributed by atoms with van der Waals surface area (Å²) in [5.41, 5.74) is 3.36. The maximum absolute atomic E-state index is 13.0. The lowest BCUT2D eigenvalue weighted by atomic mass is 10.1. The number of fused-ring (bicyclic) bond motifs is 2. The van der Waals surface area contributed by atoms with Crippen LogP contribution in [0.25, 0.3) is 10.9 Å². The fourth-order valence-corrected chi connectivity index (χ4v) is 6.11. The summed E-state index contributed by atoms with van der Waals surface area (Å²) in [5, 5.41) is 0.854. The molecule has 0 saturated carbocycles. The quantitative estimate of drug-likeness (QED) is 0.642. The van der Waals surface area contributed by atoms with Crippen LogP contribution >= 0.6 is 0 Å². The Kier molecular flexibility index (Phi) is 4.56. The van der Waals surface area contributed by atoms with Crippen molar-refractivity contribution >= 4 is 32.4 Å². The van der Waals surface area contributed by atoms with E-state index in [4.69, 9.17) is 4.98 Å². The molecule has 0 bridgehead atoms. The van der Waals surface area contributed by atoms with E-state index in [1.807, 2.05) is 18.2 Å². The highest BCUT2D eigenvalue weighted by molar-refractivity contribution is 7.89. The highest BCUT2D eigenvalue weighted by Gasteiger charge is 2.28. The van der Waals surface area contributed by atoms with E-state index in [1.54, 1.807) is 16.4 Å². The summed E-state index contributed by atoms with van der Waals surface area (Å²) < 4.78 is 27.6. The predicted molar refractivity (Wildman–Crippen MR) is 116 cm³/mol. The minimum absolute atomic E-state index is 0.344. The van der Waals surface area contributed by atoms with Crippen molar-refractivity contribution in [1.29, 1.82) is 0 Å². The normalized spacial score (nSPS) is 20.2. The van der Waals surface area contributed by atoms with Crippen LogP contribution in [-0.4, -0.2) is 36.8 Å². The second-order valence-corrected chi connectivity index (χ2v) is 9.98. The Balaban J connectivity index is 1.51. The molecule has 0 aliphatic carbocycles. The summed E-state index contributed by atoms with van der Waals surface area (Å²) in [6.07, 6.45) is 3.98. The summed E-state index contributed by atoms with van der Waals surface area (Å²) in [6.45, 7) is 3.44. The smallest absolute Gasteiger partial charge is 0.243 e. The topological polar surface area (TPSA) is 53.5 Å². The summed E-state index contributed by atoms with van der Waals surface area (Å²) in [7, 11) is -3.43. The molecule has 0 spiro atoms. The standard InChI is InChI=1S/C23H25N3O2S/c1-17-15-19-7-3-4-8-22(19)26(17)23-12-9-18-16-20(10-11-21(18)24-23)29(27,28)25-13-5-2-6-14-25/h3-4,7-12,16-17H,2,5-6,13-15H2,1H3/t17-/m1/s1. The average Bonchev–Trinajstić information content (AvgIpc) is 3.09. The Labute approximate surface area is 172 Å². The number of pyridine rings is 1. The molecule has 1 saturated heterocycles. The van der Waals surface area contributed by atoms with Crippen LogP contribution in [0.2, 0.25) is 0 Å². The van der Waals surface area contributed by atoms with Gasteiger partial charge in [-0.05, 0) is 68.1 Å². The van der Waals surface area contributed by atoms with E-state index in [0.29, 0.717) is 24.0 Å². The van der Waals surface area contributed by atoms with Gasteiger partial charge in [-0.1, -0.05) is 24.6 Å². The number of para-hydroxylation sites is 1. The van der Waals surface area contributed by atoms with Gasteiger partial charge in [0.25, 0.3) is 0 Å². The van der Waals surface area contributed by atoms with Crippen LogP contribution < -0.4 is 4.90 Å². The third kappa shape index (κ3) is 3.20. The molecular formula is C23H25N3O2S. The van der Waals surface area contributed by atoms with Gasteiger partial charge in [0.1, 0.15) is 5.82 Å². The van der Waals surface area contributed by atoms with Gasteiger partial charge < -0.3 is 4.90 Å². The maximum Gasteiger partial charge on any atom is 0.243 e. The van der Waals surface area contributed by atoms with Crippen molar-refractivity contribution in [2.24, 2.45) is 0 Å². The lowest BCUT2D eigenvalue weighted by molar-refractivity contribution is 0.346. The maximum atomic E-state index is 13.0. The molecule has 2 aromatic carbocycles. The fourth-order valence-electron chi connectivity index (χ4n) is 4.56. The van der Waals surface area contributed by atoms with Crippen molar-refractivity contribution in [3.8, 4) is 0 Å². The van der Waals surface area contributed by atoms with Gasteiger partial charge >= 0.3 is 0 Å². The third-order valence-electron chi connectivity index (χ3n) is 6.05. The Hall–Kier alpha value is -2.44. The summed E-state index contributed by atoms with van der Waals surface area (Å²) in [5.74, 6) is 0.904. The first kappa shape index (κ1) is 18.6. The number of hydrogen-bond acceptors (Lipinski definition) is 4. The SMILES string of the molecule is C[C@@H]1Cc2ccccc2N1c1ccc2cc(S(=O)(=O)N3CCCCC3)ccc2n1. The third-order valence-corrected chi connectivity index (χ3v) is 7.95. The molecular weight excluding hydrogens is 382 g/mol. The van der Waals surface area contributed by atoms with Crippen LogP contribution in [0.3, 0.4) is 0 Å². The Bertz CT molecular complexity index is 1170. The van der Waals surface area contributed by atoms with Gasteiger partial charge in [0.05, 0.1) is 10.4 Å². The summed E-state index contributed by atoms with van der Waals surface area (Å²) in [4.78, 5) is 7.49. The summed E-state index contributed by atoms with van der Waals surface area (Å²) in [6, 6.07) is 18.1. The molecule has 5 rings (SSSR count). The zero-order valence-electron chi connectivity index (χ0n) is 16.6. The molecule has 0 amide bonds. The molecule has 1 atom stereocenters. The molecule has 0 radical (unpaired) electrons. The molecule has 5 nitrogen and oxygen atoms in total. The fraction of sp³-hybridized carbons (Fsp3) is 0.348. The largest absolute Gasteiger partial charge is 0.323 e. The van der Waals surface area contributed by atoms with E-state index in [1.165, 1.54) is 11.3 Å². The molecule has 3 aromatic rings. The van der Waals surface area contributed by atoms with Crippen LogP contribution in [0.15, 0.2) is 59.5 Å². The molecule has 29 heavy (non-hydrogen) atoms. The highest BCUT2D eigenvalue weighted by Crippen LogP contribution is 2.37. The summed E-state index contributed by atoms with van der Waals surface area (Å²) >= 11 is 0. The van der Waals surface area contributed by atoms with Crippen molar-refractivity contribution in [1.82, 2.24) is 9.29 Å². The minimum Gasteiger partial charge on any atom is -0.323 e. The molecule has 1 aromatic heterocycles. The van der Waals surface area contributed by atoms with E-state index in [2.05, 4.69) is 36.1 Å². The van der Waals surface area contributed by atoms with Crippen LogP contribution in [0, 0.1) is 0 Å². The van der Waals surface area contributed by atoms with Gasteiger partial charge in [-0.15, -0.1) is 0 Å². The van der Waals surface area contributed by atoms with E-state index in [-0.39, 0.29) is 0 Å². The highest BCUT2D eigenvalue weighted by atomic mass is 32.2. The monoisotopic (exact) mass is 407 g/mol. The van der Waals surface area contributed by atoms with Crippen molar-refractivity contribution < 1.29 is 8.42 Å². The number of hydrogen-bond donors (Lipinski definition) is 0. The number of nitrogens with zero attached hydrogens (tertiary/aromatic N) is 3. The van der Waals surface area contributed by atoms with E-state index >= 15 is 0 Å². The number of aromatic nitrogens is 1. The van der Waals surface area contributed by atoms with Crippen molar-refractivity contribution in [3.63, 3.8) is 0 Å². The number of piperidine rings is 1. The Morgan fingerprint density at radius 3 is 2.59 bits per heavy atom. The van der Waals surface area contributed by atoms with Gasteiger partial charge in [0.2, 0.25) is 10.0 Å². The van der Waals surface area contributed by atoms with Gasteiger partial charge in [0, 0.05) is 30.2 Å². The molecule has 2 aliphatic rings. The minimum atomic E-state index is -3.43.